The maximum atomic E-state index is 12.5. The Balaban J connectivity index is 2.47. The van der Waals surface area contributed by atoms with Crippen LogP contribution in [-0.2, 0) is 4.79 Å². The van der Waals surface area contributed by atoms with Gasteiger partial charge in [-0.3, -0.25) is 9.69 Å². The van der Waals surface area contributed by atoms with Crippen LogP contribution in [0.3, 0.4) is 0 Å². The highest BCUT2D eigenvalue weighted by Gasteiger charge is 2.28. The summed E-state index contributed by atoms with van der Waals surface area (Å²) >= 11 is 6.45. The number of carbonyl (C=O) groups excluding carboxylic acids is 1. The SMILES string of the molecule is CCCC(=O)N(c1ccccc1O)[C@H](Cl)c1ccccc1O. The van der Waals surface area contributed by atoms with Gasteiger partial charge in [-0.05, 0) is 24.6 Å². The molecule has 0 unspecified atom stereocenters. The van der Waals surface area contributed by atoms with Crippen molar-refractivity contribution in [3.05, 3.63) is 54.1 Å². The first-order valence-corrected chi connectivity index (χ1v) is 7.52. The minimum Gasteiger partial charge on any atom is -0.508 e. The fraction of sp³-hybridized carbons (Fsp3) is 0.235. The molecule has 4 nitrogen and oxygen atoms in total. The zero-order valence-corrected chi connectivity index (χ0v) is 13.0. The van der Waals surface area contributed by atoms with Crippen LogP contribution in [0.2, 0.25) is 0 Å². The van der Waals surface area contributed by atoms with Crippen molar-refractivity contribution in [2.45, 2.75) is 25.3 Å². The Kier molecular flexibility index (Phi) is 5.28. The molecule has 2 N–H and O–H groups in total. The van der Waals surface area contributed by atoms with Gasteiger partial charge in [-0.1, -0.05) is 48.9 Å². The van der Waals surface area contributed by atoms with Crippen LogP contribution in [0, 0.1) is 0 Å². The number of rotatable bonds is 5. The van der Waals surface area contributed by atoms with Gasteiger partial charge < -0.3 is 10.2 Å². The fourth-order valence-corrected chi connectivity index (χ4v) is 2.61. The van der Waals surface area contributed by atoms with Crippen molar-refractivity contribution in [1.29, 1.82) is 0 Å². The topological polar surface area (TPSA) is 60.8 Å². The molecular formula is C17H18ClNO3. The first-order chi connectivity index (χ1) is 10.6. The molecule has 1 atom stereocenters. The monoisotopic (exact) mass is 319 g/mol. The van der Waals surface area contributed by atoms with Crippen LogP contribution in [0.1, 0.15) is 30.8 Å². The number of para-hydroxylation sites is 3. The second kappa shape index (κ2) is 7.18. The highest BCUT2D eigenvalue weighted by atomic mass is 35.5. The average molecular weight is 320 g/mol. The van der Waals surface area contributed by atoms with Crippen LogP contribution in [0.4, 0.5) is 5.69 Å². The van der Waals surface area contributed by atoms with E-state index in [2.05, 4.69) is 0 Å². The average Bonchev–Trinajstić information content (AvgIpc) is 2.50. The van der Waals surface area contributed by atoms with E-state index in [-0.39, 0.29) is 17.4 Å². The molecular weight excluding hydrogens is 302 g/mol. The molecule has 0 spiro atoms. The van der Waals surface area contributed by atoms with Crippen molar-refractivity contribution < 1.29 is 15.0 Å². The van der Waals surface area contributed by atoms with Crippen LogP contribution in [0.25, 0.3) is 0 Å². The molecule has 0 saturated heterocycles. The van der Waals surface area contributed by atoms with E-state index in [1.54, 1.807) is 36.4 Å². The third-order valence-corrected chi connectivity index (χ3v) is 3.72. The van der Waals surface area contributed by atoms with Crippen molar-refractivity contribution >= 4 is 23.2 Å². The predicted molar refractivity (Wildman–Crippen MR) is 87.2 cm³/mol. The van der Waals surface area contributed by atoms with Crippen LogP contribution in [0.15, 0.2) is 48.5 Å². The predicted octanol–water partition coefficient (Wildman–Crippen LogP) is 4.17. The summed E-state index contributed by atoms with van der Waals surface area (Å²) in [5.41, 5.74) is -0.172. The van der Waals surface area contributed by atoms with E-state index in [0.717, 1.165) is 0 Å². The van der Waals surface area contributed by atoms with E-state index in [4.69, 9.17) is 11.6 Å². The van der Waals surface area contributed by atoms with Gasteiger partial charge in [0.15, 0.2) is 0 Å². The molecule has 0 aliphatic rings. The van der Waals surface area contributed by atoms with Crippen LogP contribution in [0.5, 0.6) is 11.5 Å². The van der Waals surface area contributed by atoms with Gasteiger partial charge in [0, 0.05) is 12.0 Å². The lowest BCUT2D eigenvalue weighted by atomic mass is 10.1. The lowest BCUT2D eigenvalue weighted by molar-refractivity contribution is -0.118. The minimum absolute atomic E-state index is 0.00668. The lowest BCUT2D eigenvalue weighted by Crippen LogP contribution is -2.32. The molecule has 22 heavy (non-hydrogen) atoms. The zero-order chi connectivity index (χ0) is 16.1. The van der Waals surface area contributed by atoms with E-state index in [0.29, 0.717) is 24.1 Å². The van der Waals surface area contributed by atoms with Gasteiger partial charge >= 0.3 is 0 Å². The third kappa shape index (κ3) is 3.34. The third-order valence-electron chi connectivity index (χ3n) is 3.29. The number of alkyl halides is 1. The number of phenols is 2. The molecule has 2 rings (SSSR count). The molecule has 0 aromatic heterocycles. The van der Waals surface area contributed by atoms with Crippen molar-refractivity contribution in [3.8, 4) is 11.5 Å². The van der Waals surface area contributed by atoms with Gasteiger partial charge in [0.1, 0.15) is 17.0 Å². The molecule has 0 radical (unpaired) electrons. The number of hydrogen-bond acceptors (Lipinski definition) is 3. The summed E-state index contributed by atoms with van der Waals surface area (Å²) < 4.78 is 0. The summed E-state index contributed by atoms with van der Waals surface area (Å²) in [4.78, 5) is 13.8. The quantitative estimate of drug-likeness (QED) is 0.642. The highest BCUT2D eigenvalue weighted by Crippen LogP contribution is 2.39. The number of benzene rings is 2. The number of halogens is 1. The Labute approximate surface area is 134 Å². The summed E-state index contributed by atoms with van der Waals surface area (Å²) in [7, 11) is 0. The van der Waals surface area contributed by atoms with E-state index in [1.807, 2.05) is 6.92 Å². The van der Waals surface area contributed by atoms with E-state index in [9.17, 15) is 15.0 Å². The molecule has 0 heterocycles. The van der Waals surface area contributed by atoms with Crippen LogP contribution in [-0.4, -0.2) is 16.1 Å². The maximum absolute atomic E-state index is 12.5. The molecule has 0 saturated carbocycles. The van der Waals surface area contributed by atoms with Crippen molar-refractivity contribution in [1.82, 2.24) is 0 Å². The summed E-state index contributed by atoms with van der Waals surface area (Å²) in [5.74, 6) is -0.243. The van der Waals surface area contributed by atoms with Gasteiger partial charge in [0.05, 0.1) is 5.69 Å². The first-order valence-electron chi connectivity index (χ1n) is 7.08. The fourth-order valence-electron chi connectivity index (χ4n) is 2.21. The number of carbonyl (C=O) groups is 1. The molecule has 0 aliphatic carbocycles. The lowest BCUT2D eigenvalue weighted by Gasteiger charge is -2.29. The maximum Gasteiger partial charge on any atom is 0.228 e. The Bertz CT molecular complexity index is 660. The number of amides is 1. The molecule has 2 aromatic rings. The van der Waals surface area contributed by atoms with E-state index < -0.39 is 5.50 Å². The standard InChI is InChI=1S/C17H18ClNO3/c1-2-7-16(22)19(13-9-4-6-11-15(13)21)17(18)12-8-3-5-10-14(12)20/h3-6,8-11,17,20-21H,2,7H2,1H3/t17-/m0/s1. The number of aromatic hydroxyl groups is 2. The second-order valence-electron chi connectivity index (χ2n) is 4.90. The molecule has 2 aromatic carbocycles. The van der Waals surface area contributed by atoms with Crippen molar-refractivity contribution in [3.63, 3.8) is 0 Å². The molecule has 5 heteroatoms. The molecule has 0 aliphatic heterocycles. The minimum atomic E-state index is -0.909. The Hall–Kier alpha value is -2.20. The van der Waals surface area contributed by atoms with Gasteiger partial charge in [-0.15, -0.1) is 0 Å². The normalized spacial score (nSPS) is 11.9. The van der Waals surface area contributed by atoms with Gasteiger partial charge in [-0.2, -0.15) is 0 Å². The van der Waals surface area contributed by atoms with Gasteiger partial charge in [0.25, 0.3) is 0 Å². The molecule has 0 bridgehead atoms. The van der Waals surface area contributed by atoms with E-state index in [1.165, 1.54) is 17.0 Å². The highest BCUT2D eigenvalue weighted by molar-refractivity contribution is 6.24. The van der Waals surface area contributed by atoms with Gasteiger partial charge in [0.2, 0.25) is 5.91 Å². The van der Waals surface area contributed by atoms with Crippen molar-refractivity contribution in [2.75, 3.05) is 4.90 Å². The summed E-state index contributed by atoms with van der Waals surface area (Å²) in [6.07, 6.45) is 0.957. The molecule has 1 amide bonds. The summed E-state index contributed by atoms with van der Waals surface area (Å²) in [6.45, 7) is 1.89. The Morgan fingerprint density at radius 1 is 1.09 bits per heavy atom. The van der Waals surface area contributed by atoms with Crippen molar-refractivity contribution in [2.24, 2.45) is 0 Å². The number of nitrogens with zero attached hydrogens (tertiary/aromatic N) is 1. The summed E-state index contributed by atoms with van der Waals surface area (Å²) in [6, 6.07) is 13.1. The Morgan fingerprint density at radius 2 is 1.68 bits per heavy atom. The van der Waals surface area contributed by atoms with Crippen LogP contribution < -0.4 is 4.90 Å². The largest absolute Gasteiger partial charge is 0.508 e. The zero-order valence-electron chi connectivity index (χ0n) is 12.2. The Morgan fingerprint density at radius 3 is 2.27 bits per heavy atom. The molecule has 116 valence electrons. The van der Waals surface area contributed by atoms with Gasteiger partial charge in [-0.25, -0.2) is 0 Å². The number of hydrogen-bond donors (Lipinski definition) is 2. The summed E-state index contributed by atoms with van der Waals surface area (Å²) in [5, 5.41) is 20.0. The second-order valence-corrected chi connectivity index (χ2v) is 5.31. The molecule has 0 fully saturated rings. The van der Waals surface area contributed by atoms with E-state index >= 15 is 0 Å². The first kappa shape index (κ1) is 16.2. The number of phenolic OH excluding ortho intramolecular Hbond substituents is 2. The smallest absolute Gasteiger partial charge is 0.228 e. The van der Waals surface area contributed by atoms with Crippen LogP contribution >= 0.6 is 11.6 Å². The number of anilines is 1.